The van der Waals surface area contributed by atoms with Crippen molar-refractivity contribution in [2.45, 2.75) is 71.1 Å². The van der Waals surface area contributed by atoms with Crippen molar-refractivity contribution in [3.05, 3.63) is 64.7 Å². The first-order chi connectivity index (χ1) is 16.9. The fourth-order valence-corrected chi connectivity index (χ4v) is 8.52. The van der Waals surface area contributed by atoms with Gasteiger partial charge in [0.1, 0.15) is 7.05 Å². The maximum absolute atomic E-state index is 2.43. The number of pyridine rings is 1. The van der Waals surface area contributed by atoms with Crippen LogP contribution in [0.2, 0.25) is 0 Å². The van der Waals surface area contributed by atoms with Gasteiger partial charge >= 0.3 is 0 Å². The summed E-state index contributed by atoms with van der Waals surface area (Å²) in [7, 11) is 2.22. The summed E-state index contributed by atoms with van der Waals surface area (Å²) in [6.07, 6.45) is 4.43. The maximum atomic E-state index is 2.43. The molecule has 0 amide bonds. The third-order valence-electron chi connectivity index (χ3n) is 7.36. The van der Waals surface area contributed by atoms with Crippen molar-refractivity contribution < 1.29 is 4.57 Å². The lowest BCUT2D eigenvalue weighted by Gasteiger charge is -2.27. The normalized spacial score (nSPS) is 13.7. The first kappa shape index (κ1) is 24.0. The van der Waals surface area contributed by atoms with Gasteiger partial charge in [-0.2, -0.15) is 0 Å². The molecule has 0 aliphatic carbocycles. The molecule has 0 radical (unpaired) electrons. The highest BCUT2D eigenvalue weighted by Gasteiger charge is 2.34. The maximum Gasteiger partial charge on any atom is 0.222 e. The van der Waals surface area contributed by atoms with Crippen LogP contribution < -0.4 is 4.57 Å². The predicted molar refractivity (Wildman–Crippen MR) is 159 cm³/mol. The van der Waals surface area contributed by atoms with Crippen LogP contribution >= 0.6 is 23.1 Å². The standard InChI is InChI=1S/C33H36NS2/c1-19-23-12-14-35-29(23)25(18-33(5,6)7)31-26(19)28-27-21(11-13-34(28)8)16-22-15-20(17-32(2,3)4)9-10-24(22)30(27)36-31/h9-16H,17-18H2,1-8H3/q+1. The Hall–Kier alpha value is -2.36. The van der Waals surface area contributed by atoms with Crippen LogP contribution in [-0.4, -0.2) is 0 Å². The van der Waals surface area contributed by atoms with Gasteiger partial charge in [-0.15, -0.1) is 11.3 Å². The minimum absolute atomic E-state index is 0.218. The van der Waals surface area contributed by atoms with E-state index in [9.17, 15) is 0 Å². The number of fused-ring (bicyclic) bond motifs is 5. The van der Waals surface area contributed by atoms with Gasteiger partial charge in [-0.25, -0.2) is 4.57 Å². The summed E-state index contributed by atoms with van der Waals surface area (Å²) < 4.78 is 3.83. The van der Waals surface area contributed by atoms with Gasteiger partial charge in [-0.3, -0.25) is 0 Å². The molecule has 3 heteroatoms. The van der Waals surface area contributed by atoms with Crippen LogP contribution in [0.15, 0.2) is 57.8 Å². The monoisotopic (exact) mass is 510 g/mol. The highest BCUT2D eigenvalue weighted by molar-refractivity contribution is 8.00. The summed E-state index contributed by atoms with van der Waals surface area (Å²) in [5.41, 5.74) is 7.68. The van der Waals surface area contributed by atoms with E-state index in [-0.39, 0.29) is 10.8 Å². The number of nitrogens with zero attached hydrogens (tertiary/aromatic N) is 1. The summed E-state index contributed by atoms with van der Waals surface area (Å²) in [5.74, 6) is 0. The molecule has 0 spiro atoms. The molecule has 184 valence electrons. The molecule has 0 saturated heterocycles. The van der Waals surface area contributed by atoms with Crippen molar-refractivity contribution >= 4 is 54.7 Å². The van der Waals surface area contributed by atoms with Gasteiger partial charge in [0.15, 0.2) is 6.20 Å². The minimum Gasteiger partial charge on any atom is -0.200 e. The summed E-state index contributed by atoms with van der Waals surface area (Å²) in [4.78, 5) is 2.90. The zero-order valence-electron chi connectivity index (χ0n) is 22.8. The molecule has 3 heterocycles. The predicted octanol–water partition coefficient (Wildman–Crippen LogP) is 9.65. The lowest BCUT2D eigenvalue weighted by Crippen LogP contribution is -2.32. The van der Waals surface area contributed by atoms with Crippen LogP contribution in [0.1, 0.15) is 58.2 Å². The van der Waals surface area contributed by atoms with Gasteiger partial charge in [0.25, 0.3) is 0 Å². The second-order valence-corrected chi connectivity index (χ2v) is 15.0. The first-order valence-corrected chi connectivity index (χ1v) is 14.7. The van der Waals surface area contributed by atoms with E-state index in [1.807, 2.05) is 23.1 Å². The van der Waals surface area contributed by atoms with Crippen molar-refractivity contribution in [2.24, 2.45) is 17.9 Å². The Morgan fingerprint density at radius 2 is 1.56 bits per heavy atom. The van der Waals surface area contributed by atoms with E-state index in [0.717, 1.165) is 12.8 Å². The van der Waals surface area contributed by atoms with Gasteiger partial charge in [0.05, 0.1) is 10.9 Å². The molecule has 36 heavy (non-hydrogen) atoms. The Kier molecular flexibility index (Phi) is 5.38. The molecule has 5 aromatic rings. The number of hydrogen-bond acceptors (Lipinski definition) is 2. The number of rotatable bonds is 2. The van der Waals surface area contributed by atoms with Crippen molar-refractivity contribution in [1.29, 1.82) is 0 Å². The Morgan fingerprint density at radius 3 is 2.28 bits per heavy atom. The van der Waals surface area contributed by atoms with Crippen LogP contribution in [-0.2, 0) is 19.9 Å². The van der Waals surface area contributed by atoms with Crippen molar-refractivity contribution in [1.82, 2.24) is 0 Å². The van der Waals surface area contributed by atoms with E-state index in [1.165, 1.54) is 69.4 Å². The molecule has 0 bridgehead atoms. The molecule has 6 rings (SSSR count). The second-order valence-electron chi connectivity index (χ2n) is 13.0. The number of aromatic nitrogens is 1. The molecule has 0 saturated carbocycles. The fourth-order valence-electron chi connectivity index (χ4n) is 5.98. The van der Waals surface area contributed by atoms with Crippen LogP contribution in [0.4, 0.5) is 0 Å². The molecular weight excluding hydrogens is 475 g/mol. The van der Waals surface area contributed by atoms with E-state index >= 15 is 0 Å². The van der Waals surface area contributed by atoms with Gasteiger partial charge in [0, 0.05) is 20.6 Å². The molecule has 1 nitrogen and oxygen atoms in total. The first-order valence-electron chi connectivity index (χ1n) is 13.0. The highest BCUT2D eigenvalue weighted by Crippen LogP contribution is 2.54. The SMILES string of the molecule is Cc1c2c(c(CC(C)(C)C)c3sccc13)Sc1c3ccc(CC(C)(C)C)cc3cc3cc[n+](C)c-2c13. The number of hydrogen-bond donors (Lipinski definition) is 0. The average molecular weight is 511 g/mol. The number of benzene rings is 3. The smallest absolute Gasteiger partial charge is 0.200 e. The highest BCUT2D eigenvalue weighted by atomic mass is 32.2. The van der Waals surface area contributed by atoms with Crippen LogP contribution in [0.25, 0.3) is 42.9 Å². The van der Waals surface area contributed by atoms with E-state index in [2.05, 4.69) is 108 Å². The fraction of sp³-hybridized carbons (Fsp3) is 0.364. The Bertz CT molecular complexity index is 1690. The van der Waals surface area contributed by atoms with E-state index in [0.29, 0.717) is 0 Å². The summed E-state index contributed by atoms with van der Waals surface area (Å²) in [6.45, 7) is 16.4. The lowest BCUT2D eigenvalue weighted by atomic mass is 9.85. The van der Waals surface area contributed by atoms with Crippen molar-refractivity contribution in [3.8, 4) is 11.3 Å². The number of thiophene rings is 1. The van der Waals surface area contributed by atoms with Crippen LogP contribution in [0.5, 0.6) is 0 Å². The van der Waals surface area contributed by atoms with Crippen LogP contribution in [0.3, 0.4) is 0 Å². The van der Waals surface area contributed by atoms with E-state index in [1.54, 1.807) is 0 Å². The quantitative estimate of drug-likeness (QED) is 0.166. The summed E-state index contributed by atoms with van der Waals surface area (Å²) in [6, 6.07) is 14.2. The Morgan fingerprint density at radius 1 is 0.806 bits per heavy atom. The van der Waals surface area contributed by atoms with Gasteiger partial charge in [-0.1, -0.05) is 71.5 Å². The van der Waals surface area contributed by atoms with Gasteiger partial charge in [0.2, 0.25) is 5.69 Å². The largest absolute Gasteiger partial charge is 0.222 e. The molecule has 0 unspecified atom stereocenters. The van der Waals surface area contributed by atoms with Crippen LogP contribution in [0, 0.1) is 17.8 Å². The molecule has 3 aromatic carbocycles. The lowest BCUT2D eigenvalue weighted by molar-refractivity contribution is -0.659. The van der Waals surface area contributed by atoms with Gasteiger partial charge in [-0.05, 0) is 86.3 Å². The molecule has 0 N–H and O–H groups in total. The molecule has 0 atom stereocenters. The Labute approximate surface area is 223 Å². The second kappa shape index (κ2) is 8.07. The third kappa shape index (κ3) is 3.87. The summed E-state index contributed by atoms with van der Waals surface area (Å²) in [5, 5.41) is 9.20. The van der Waals surface area contributed by atoms with Crippen molar-refractivity contribution in [2.75, 3.05) is 0 Å². The average Bonchev–Trinajstić information content (AvgIpc) is 3.26. The zero-order chi connectivity index (χ0) is 25.6. The zero-order valence-corrected chi connectivity index (χ0v) is 24.4. The molecule has 2 aromatic heterocycles. The molecule has 0 fully saturated rings. The van der Waals surface area contributed by atoms with Gasteiger partial charge < -0.3 is 0 Å². The molecular formula is C33H36NS2+. The van der Waals surface area contributed by atoms with E-state index in [4.69, 9.17) is 0 Å². The third-order valence-corrected chi connectivity index (χ3v) is 9.61. The van der Waals surface area contributed by atoms with E-state index < -0.39 is 0 Å². The van der Waals surface area contributed by atoms with Crippen molar-refractivity contribution in [3.63, 3.8) is 0 Å². The Balaban J connectivity index is 1.71. The summed E-state index contributed by atoms with van der Waals surface area (Å²) >= 11 is 3.94. The molecule has 1 aliphatic heterocycles. The number of aryl methyl sites for hydroxylation is 2. The topological polar surface area (TPSA) is 3.88 Å². The molecule has 1 aliphatic rings. The minimum atomic E-state index is 0.218.